The van der Waals surface area contributed by atoms with Gasteiger partial charge in [0.2, 0.25) is 5.91 Å². The molecule has 0 aliphatic heterocycles. The highest BCUT2D eigenvalue weighted by Crippen LogP contribution is 2.26. The number of Topliss-reactive ketones (excluding diaryl/α,β-unsaturated/α-hetero) is 1. The highest BCUT2D eigenvalue weighted by molar-refractivity contribution is 8.01. The summed E-state index contributed by atoms with van der Waals surface area (Å²) >= 11 is 9.67. The zero-order valence-corrected chi connectivity index (χ0v) is 17.8. The molecule has 1 amide bonds. The molecule has 1 aromatic carbocycles. The van der Waals surface area contributed by atoms with Gasteiger partial charge >= 0.3 is 0 Å². The number of nitrogens with one attached hydrogen (secondary N) is 1. The van der Waals surface area contributed by atoms with Crippen LogP contribution in [0.25, 0.3) is 5.69 Å². The Morgan fingerprint density at radius 1 is 1.19 bits per heavy atom. The average molecular weight is 436 g/mol. The first-order valence-corrected chi connectivity index (χ1v) is 11.2. The number of thiophene rings is 1. The van der Waals surface area contributed by atoms with E-state index >= 15 is 0 Å². The second-order valence-electron chi connectivity index (χ2n) is 5.59. The molecule has 0 aliphatic rings. The molecule has 2 heterocycles. The second-order valence-corrected chi connectivity index (χ2v) is 9.61. The van der Waals surface area contributed by atoms with Gasteiger partial charge in [-0.1, -0.05) is 41.3 Å². The van der Waals surface area contributed by atoms with Crippen molar-refractivity contribution in [3.63, 3.8) is 0 Å². The zero-order valence-electron chi connectivity index (χ0n) is 14.5. The van der Waals surface area contributed by atoms with Crippen molar-refractivity contribution in [3.8, 4) is 5.69 Å². The molecule has 0 bridgehead atoms. The van der Waals surface area contributed by atoms with Gasteiger partial charge in [0, 0.05) is 18.3 Å². The predicted octanol–water partition coefficient (Wildman–Crippen LogP) is 4.38. The van der Waals surface area contributed by atoms with Crippen LogP contribution in [-0.2, 0) is 11.2 Å². The number of benzene rings is 1. The van der Waals surface area contributed by atoms with E-state index in [-0.39, 0.29) is 11.7 Å². The lowest BCUT2D eigenvalue weighted by Gasteiger charge is -1.99. The molecular formula is C18H17N3O2S4. The van der Waals surface area contributed by atoms with Gasteiger partial charge < -0.3 is 5.32 Å². The third kappa shape index (κ3) is 5.58. The number of nitrogens with zero attached hydrogens (tertiary/aromatic N) is 2. The Bertz CT molecular complexity index is 991. The van der Waals surface area contributed by atoms with Gasteiger partial charge in [0.15, 0.2) is 14.1 Å². The molecule has 27 heavy (non-hydrogen) atoms. The molecule has 1 N–H and O–H groups in total. The molecule has 5 nitrogen and oxygen atoms in total. The molecule has 0 spiro atoms. The van der Waals surface area contributed by atoms with E-state index in [1.165, 1.54) is 41.4 Å². The normalized spacial score (nSPS) is 10.7. The van der Waals surface area contributed by atoms with Crippen LogP contribution in [-0.4, -0.2) is 33.8 Å². The van der Waals surface area contributed by atoms with Crippen molar-refractivity contribution < 1.29 is 9.59 Å². The number of para-hydroxylation sites is 1. The summed E-state index contributed by atoms with van der Waals surface area (Å²) in [7, 11) is 0. The van der Waals surface area contributed by atoms with E-state index in [2.05, 4.69) is 10.4 Å². The minimum atomic E-state index is -0.0449. The molecule has 2 aromatic heterocycles. The summed E-state index contributed by atoms with van der Waals surface area (Å²) < 4.78 is 3.16. The molecule has 0 saturated carbocycles. The number of hydrogen-bond acceptors (Lipinski definition) is 7. The van der Waals surface area contributed by atoms with Crippen molar-refractivity contribution in [1.29, 1.82) is 0 Å². The lowest BCUT2D eigenvalue weighted by Crippen LogP contribution is -2.22. The maximum Gasteiger partial charge on any atom is 0.216 e. The van der Waals surface area contributed by atoms with Gasteiger partial charge in [0.1, 0.15) is 0 Å². The van der Waals surface area contributed by atoms with E-state index in [1.54, 1.807) is 4.68 Å². The first kappa shape index (κ1) is 19.9. The molecule has 0 fully saturated rings. The summed E-state index contributed by atoms with van der Waals surface area (Å²) in [4.78, 5) is 25.2. The fourth-order valence-electron chi connectivity index (χ4n) is 2.27. The highest BCUT2D eigenvalue weighted by atomic mass is 32.2. The van der Waals surface area contributed by atoms with Gasteiger partial charge in [-0.15, -0.1) is 16.4 Å². The molecule has 0 radical (unpaired) electrons. The van der Waals surface area contributed by atoms with Crippen LogP contribution in [0.2, 0.25) is 0 Å². The lowest BCUT2D eigenvalue weighted by molar-refractivity contribution is -0.118. The minimum Gasteiger partial charge on any atom is -0.356 e. The van der Waals surface area contributed by atoms with Crippen molar-refractivity contribution in [2.75, 3.05) is 12.3 Å². The molecule has 3 rings (SSSR count). The number of rotatable bonds is 8. The van der Waals surface area contributed by atoms with E-state index in [0.717, 1.165) is 26.2 Å². The zero-order chi connectivity index (χ0) is 19.2. The molecule has 0 aliphatic carbocycles. The van der Waals surface area contributed by atoms with Crippen molar-refractivity contribution >= 4 is 58.3 Å². The summed E-state index contributed by atoms with van der Waals surface area (Å²) in [5.41, 5.74) is 0.916. The second kappa shape index (κ2) is 9.41. The third-order valence-electron chi connectivity index (χ3n) is 3.54. The molecule has 140 valence electrons. The van der Waals surface area contributed by atoms with Gasteiger partial charge in [0.25, 0.3) is 0 Å². The smallest absolute Gasteiger partial charge is 0.216 e. The van der Waals surface area contributed by atoms with Crippen LogP contribution in [0.3, 0.4) is 0 Å². The number of carbonyl (C=O) groups is 2. The molecular weight excluding hydrogens is 418 g/mol. The standard InChI is InChI=1S/C18H17N3O2S4/c1-12(22)19-10-9-14-7-8-16(26-14)15(23)11-25-17-20-21(18(24)27-17)13-5-3-2-4-6-13/h2-8H,9-11H2,1H3,(H,19,22). The summed E-state index contributed by atoms with van der Waals surface area (Å²) in [6, 6.07) is 13.5. The summed E-state index contributed by atoms with van der Waals surface area (Å²) in [6.07, 6.45) is 0.730. The number of thioether (sulfide) groups is 1. The Balaban J connectivity index is 1.57. The van der Waals surface area contributed by atoms with Gasteiger partial charge in [0.05, 0.1) is 16.3 Å². The quantitative estimate of drug-likeness (QED) is 0.323. The minimum absolute atomic E-state index is 0.0449. The Hall–Kier alpha value is -1.81. The average Bonchev–Trinajstić information content (AvgIpc) is 3.27. The van der Waals surface area contributed by atoms with Gasteiger partial charge in [-0.25, -0.2) is 4.68 Å². The van der Waals surface area contributed by atoms with E-state index in [4.69, 9.17) is 12.2 Å². The van der Waals surface area contributed by atoms with Gasteiger partial charge in [-0.3, -0.25) is 9.59 Å². The van der Waals surface area contributed by atoms with Gasteiger partial charge in [-0.2, -0.15) is 0 Å². The van der Waals surface area contributed by atoms with Crippen molar-refractivity contribution in [3.05, 3.63) is 56.2 Å². The van der Waals surface area contributed by atoms with Crippen LogP contribution >= 0.6 is 46.7 Å². The van der Waals surface area contributed by atoms with Crippen LogP contribution in [0, 0.1) is 3.95 Å². The number of carbonyl (C=O) groups excluding carboxylic acids is 2. The molecule has 3 aromatic rings. The van der Waals surface area contributed by atoms with Crippen molar-refractivity contribution in [2.24, 2.45) is 0 Å². The first-order chi connectivity index (χ1) is 13.0. The SMILES string of the molecule is CC(=O)NCCc1ccc(C(=O)CSc2nn(-c3ccccc3)c(=S)s2)s1. The van der Waals surface area contributed by atoms with Crippen molar-refractivity contribution in [2.45, 2.75) is 17.7 Å². The van der Waals surface area contributed by atoms with E-state index in [0.29, 0.717) is 16.3 Å². The predicted molar refractivity (Wildman–Crippen MR) is 114 cm³/mol. The molecule has 0 unspecified atom stereocenters. The maximum absolute atomic E-state index is 12.4. The number of aromatic nitrogens is 2. The largest absolute Gasteiger partial charge is 0.356 e. The Morgan fingerprint density at radius 2 is 1.96 bits per heavy atom. The molecule has 9 heteroatoms. The third-order valence-corrected chi connectivity index (χ3v) is 7.09. The summed E-state index contributed by atoms with van der Waals surface area (Å²) in [5, 5.41) is 7.27. The monoisotopic (exact) mass is 435 g/mol. The van der Waals surface area contributed by atoms with Crippen LogP contribution in [0.1, 0.15) is 21.5 Å². The van der Waals surface area contributed by atoms with E-state index < -0.39 is 0 Å². The Kier molecular flexibility index (Phi) is 6.95. The first-order valence-electron chi connectivity index (χ1n) is 8.17. The number of hydrogen-bond donors (Lipinski definition) is 1. The van der Waals surface area contributed by atoms with Gasteiger partial charge in [-0.05, 0) is 42.9 Å². The fraction of sp³-hybridized carbons (Fsp3) is 0.222. The van der Waals surface area contributed by atoms with Crippen molar-refractivity contribution in [1.82, 2.24) is 15.1 Å². The van der Waals surface area contributed by atoms with Crippen LogP contribution in [0.4, 0.5) is 0 Å². The summed E-state index contributed by atoms with van der Waals surface area (Å²) in [6.45, 7) is 2.08. The van der Waals surface area contributed by atoms with Crippen LogP contribution < -0.4 is 5.32 Å². The number of amides is 1. The van der Waals surface area contributed by atoms with Crippen LogP contribution in [0.15, 0.2) is 46.8 Å². The van der Waals surface area contributed by atoms with E-state index in [1.807, 2.05) is 42.5 Å². The van der Waals surface area contributed by atoms with Crippen LogP contribution in [0.5, 0.6) is 0 Å². The Morgan fingerprint density at radius 3 is 2.70 bits per heavy atom. The topological polar surface area (TPSA) is 64.0 Å². The summed E-state index contributed by atoms with van der Waals surface area (Å²) in [5.74, 6) is 0.350. The molecule has 0 saturated heterocycles. The molecule has 0 atom stereocenters. The highest BCUT2D eigenvalue weighted by Gasteiger charge is 2.13. The Labute approximate surface area is 174 Å². The van der Waals surface area contributed by atoms with E-state index in [9.17, 15) is 9.59 Å². The maximum atomic E-state index is 12.4. The number of ketones is 1. The fourth-order valence-corrected chi connectivity index (χ4v) is 5.55. The lowest BCUT2D eigenvalue weighted by atomic mass is 10.3.